The number of amides is 2. The Morgan fingerprint density at radius 1 is 1.21 bits per heavy atom. The Morgan fingerprint density at radius 3 is 2.76 bits per heavy atom. The Kier molecular flexibility index (Phi) is 6.05. The van der Waals surface area contributed by atoms with Crippen LogP contribution in [0.4, 0.5) is 8.78 Å². The van der Waals surface area contributed by atoms with E-state index in [1.54, 1.807) is 28.6 Å². The number of alkyl halides is 2. The molecule has 1 saturated carbocycles. The maximum atomic E-state index is 13.4. The summed E-state index contributed by atoms with van der Waals surface area (Å²) in [5, 5.41) is 0. The van der Waals surface area contributed by atoms with Crippen molar-refractivity contribution < 1.29 is 23.1 Å². The lowest BCUT2D eigenvalue weighted by atomic mass is 10.1. The Hall–Kier alpha value is -3.93. The summed E-state index contributed by atoms with van der Waals surface area (Å²) in [5.41, 5.74) is 2.61. The molecule has 2 amide bonds. The highest BCUT2D eigenvalue weighted by atomic mass is 19.3. The van der Waals surface area contributed by atoms with Gasteiger partial charge in [0.05, 0.1) is 22.6 Å². The number of para-hydroxylation sites is 1. The van der Waals surface area contributed by atoms with Gasteiger partial charge in [-0.1, -0.05) is 24.8 Å². The number of carbonyl (C=O) groups excluding carboxylic acids is 2. The fourth-order valence-corrected chi connectivity index (χ4v) is 5.56. The van der Waals surface area contributed by atoms with E-state index in [0.29, 0.717) is 29.8 Å². The summed E-state index contributed by atoms with van der Waals surface area (Å²) in [6.45, 7) is 0.312. The summed E-state index contributed by atoms with van der Waals surface area (Å²) in [4.78, 5) is 34.1. The second-order valence-corrected chi connectivity index (χ2v) is 10.2. The van der Waals surface area contributed by atoms with Gasteiger partial charge in [-0.3, -0.25) is 14.2 Å². The zero-order valence-electron chi connectivity index (χ0n) is 21.3. The number of benzene rings is 2. The van der Waals surface area contributed by atoms with E-state index in [2.05, 4.69) is 11.8 Å². The SMILES string of the molecule is CCC1c2nc3ccc(C#CC4CCN(C(=O)C5CC5)C4)cc3n2-c2c(OC(F)F)cccc2C(=O)N1C. The molecule has 7 nitrogen and oxygen atoms in total. The molecule has 2 fully saturated rings. The number of ether oxygens (including phenoxy) is 1. The van der Waals surface area contributed by atoms with Gasteiger partial charge in [0.1, 0.15) is 11.5 Å². The number of nitrogens with zero attached hydrogens (tertiary/aromatic N) is 4. The summed E-state index contributed by atoms with van der Waals surface area (Å²) in [6.07, 6.45) is 3.43. The van der Waals surface area contributed by atoms with Crippen molar-refractivity contribution in [3.8, 4) is 23.3 Å². The van der Waals surface area contributed by atoms with Crippen molar-refractivity contribution in [2.24, 2.45) is 11.8 Å². The fraction of sp³-hybridized carbons (Fsp3) is 0.414. The molecule has 1 aliphatic carbocycles. The number of fused-ring (bicyclic) bond motifs is 5. The molecule has 9 heteroatoms. The van der Waals surface area contributed by atoms with E-state index < -0.39 is 6.61 Å². The topological polar surface area (TPSA) is 67.7 Å². The normalized spacial score (nSPS) is 20.7. The van der Waals surface area contributed by atoms with Crippen molar-refractivity contribution in [3.05, 3.63) is 53.3 Å². The van der Waals surface area contributed by atoms with Crippen molar-refractivity contribution >= 4 is 22.8 Å². The average Bonchev–Trinajstić information content (AvgIpc) is 3.55. The summed E-state index contributed by atoms with van der Waals surface area (Å²) < 4.78 is 33.4. The minimum Gasteiger partial charge on any atom is -0.433 e. The molecule has 196 valence electrons. The Morgan fingerprint density at radius 2 is 2.03 bits per heavy atom. The molecule has 6 rings (SSSR count). The third-order valence-electron chi connectivity index (χ3n) is 7.67. The third-order valence-corrected chi connectivity index (χ3v) is 7.67. The quantitative estimate of drug-likeness (QED) is 0.467. The van der Waals surface area contributed by atoms with E-state index in [0.717, 1.165) is 31.4 Å². The second-order valence-electron chi connectivity index (χ2n) is 10.2. The maximum absolute atomic E-state index is 13.4. The van der Waals surface area contributed by atoms with Gasteiger partial charge in [0.2, 0.25) is 5.91 Å². The van der Waals surface area contributed by atoms with Crippen LogP contribution in [-0.4, -0.2) is 57.9 Å². The van der Waals surface area contributed by atoms with Crippen LogP contribution in [0.25, 0.3) is 16.7 Å². The molecule has 38 heavy (non-hydrogen) atoms. The van der Waals surface area contributed by atoms with Gasteiger partial charge in [-0.25, -0.2) is 4.98 Å². The van der Waals surface area contributed by atoms with Crippen LogP contribution in [0.3, 0.4) is 0 Å². The lowest BCUT2D eigenvalue weighted by molar-refractivity contribution is -0.131. The number of carbonyl (C=O) groups is 2. The van der Waals surface area contributed by atoms with Gasteiger partial charge in [-0.15, -0.1) is 0 Å². The van der Waals surface area contributed by atoms with E-state index in [1.165, 1.54) is 6.07 Å². The number of hydrogen-bond donors (Lipinski definition) is 0. The van der Waals surface area contributed by atoms with Crippen LogP contribution in [0.15, 0.2) is 36.4 Å². The van der Waals surface area contributed by atoms with Gasteiger partial charge in [-0.2, -0.15) is 8.78 Å². The van der Waals surface area contributed by atoms with E-state index in [-0.39, 0.29) is 46.7 Å². The summed E-state index contributed by atoms with van der Waals surface area (Å²) >= 11 is 0. The molecule has 3 aromatic rings. The second kappa shape index (κ2) is 9.43. The molecule has 0 N–H and O–H groups in total. The van der Waals surface area contributed by atoms with Gasteiger partial charge in [-0.05, 0) is 56.0 Å². The molecular formula is C29H28F2N4O3. The lowest BCUT2D eigenvalue weighted by Crippen LogP contribution is -2.30. The number of likely N-dealkylation sites (tertiary alicyclic amines) is 1. The molecule has 1 aromatic heterocycles. The predicted molar refractivity (Wildman–Crippen MR) is 137 cm³/mol. The van der Waals surface area contributed by atoms with Gasteiger partial charge in [0.25, 0.3) is 5.91 Å². The minimum absolute atomic E-state index is 0.0839. The first-order chi connectivity index (χ1) is 18.4. The van der Waals surface area contributed by atoms with Crippen molar-refractivity contribution in [2.75, 3.05) is 20.1 Å². The summed E-state index contributed by atoms with van der Waals surface area (Å²) in [7, 11) is 1.70. The number of imidazole rings is 1. The molecule has 2 aromatic carbocycles. The van der Waals surface area contributed by atoms with Crippen LogP contribution >= 0.6 is 0 Å². The lowest BCUT2D eigenvalue weighted by Gasteiger charge is -2.24. The van der Waals surface area contributed by atoms with Crippen LogP contribution in [0, 0.1) is 23.7 Å². The van der Waals surface area contributed by atoms with E-state index in [4.69, 9.17) is 9.72 Å². The average molecular weight is 519 g/mol. The van der Waals surface area contributed by atoms with Crippen LogP contribution in [0.1, 0.15) is 60.4 Å². The number of hydrogen-bond acceptors (Lipinski definition) is 4. The molecule has 0 spiro atoms. The van der Waals surface area contributed by atoms with Crippen molar-refractivity contribution in [2.45, 2.75) is 45.3 Å². The fourth-order valence-electron chi connectivity index (χ4n) is 5.56. The van der Waals surface area contributed by atoms with E-state index in [9.17, 15) is 18.4 Å². The number of aromatic nitrogens is 2. The summed E-state index contributed by atoms with van der Waals surface area (Å²) in [6, 6.07) is 9.89. The molecule has 0 bridgehead atoms. The largest absolute Gasteiger partial charge is 0.433 e. The summed E-state index contributed by atoms with van der Waals surface area (Å²) in [5.74, 6) is 7.36. The smallest absolute Gasteiger partial charge is 0.387 e. The predicted octanol–water partition coefficient (Wildman–Crippen LogP) is 4.77. The maximum Gasteiger partial charge on any atom is 0.387 e. The van der Waals surface area contributed by atoms with Crippen LogP contribution < -0.4 is 4.74 Å². The first-order valence-electron chi connectivity index (χ1n) is 13.0. The van der Waals surface area contributed by atoms with Crippen LogP contribution in [-0.2, 0) is 4.79 Å². The van der Waals surface area contributed by atoms with Gasteiger partial charge in [0, 0.05) is 37.5 Å². The van der Waals surface area contributed by atoms with Gasteiger partial charge < -0.3 is 14.5 Å². The standard InChI is InChI=1S/C29H28F2N4O3/c1-3-22-26-32-21-12-9-17(7-8-18-13-14-34(16-18)27(36)19-10-11-19)15-23(21)35(26)25-20(28(37)33(22)2)5-4-6-24(25)38-29(30)31/h4-6,9,12,15,18-19,22,29H,3,10-11,13-14,16H2,1-2H3. The van der Waals surface area contributed by atoms with Crippen LogP contribution in [0.5, 0.6) is 5.75 Å². The molecule has 3 heterocycles. The first-order valence-corrected chi connectivity index (χ1v) is 13.0. The Balaban J connectivity index is 1.43. The molecule has 2 aliphatic heterocycles. The zero-order chi connectivity index (χ0) is 26.6. The van der Waals surface area contributed by atoms with Gasteiger partial charge in [0.15, 0.2) is 5.75 Å². The zero-order valence-corrected chi connectivity index (χ0v) is 21.3. The highest BCUT2D eigenvalue weighted by molar-refractivity contribution is 6.00. The third kappa shape index (κ3) is 4.18. The van der Waals surface area contributed by atoms with Crippen molar-refractivity contribution in [1.29, 1.82) is 0 Å². The molecule has 0 radical (unpaired) electrons. The Labute approximate surface area is 219 Å². The van der Waals surface area contributed by atoms with Crippen LogP contribution in [0.2, 0.25) is 0 Å². The highest BCUT2D eigenvalue weighted by Gasteiger charge is 2.37. The Bertz CT molecular complexity index is 1500. The van der Waals surface area contributed by atoms with E-state index >= 15 is 0 Å². The molecule has 2 atom stereocenters. The van der Waals surface area contributed by atoms with E-state index in [1.807, 2.05) is 30.0 Å². The van der Waals surface area contributed by atoms with Gasteiger partial charge >= 0.3 is 6.61 Å². The number of halogens is 2. The van der Waals surface area contributed by atoms with Crippen molar-refractivity contribution in [1.82, 2.24) is 19.4 Å². The monoisotopic (exact) mass is 518 g/mol. The first kappa shape index (κ1) is 24.4. The minimum atomic E-state index is -3.04. The molecule has 3 aliphatic rings. The van der Waals surface area contributed by atoms with Crippen molar-refractivity contribution in [3.63, 3.8) is 0 Å². The molecular weight excluding hydrogens is 490 g/mol. The molecule has 2 unspecified atom stereocenters. The highest BCUT2D eigenvalue weighted by Crippen LogP contribution is 2.40. The number of rotatable bonds is 4. The molecule has 1 saturated heterocycles.